The summed E-state index contributed by atoms with van der Waals surface area (Å²) in [5.74, 6) is 0. The van der Waals surface area contributed by atoms with Crippen LogP contribution in [-0.2, 0) is 12.8 Å². The van der Waals surface area contributed by atoms with Crippen molar-refractivity contribution in [1.82, 2.24) is 0 Å². The van der Waals surface area contributed by atoms with Gasteiger partial charge in [0.2, 0.25) is 0 Å². The van der Waals surface area contributed by atoms with Gasteiger partial charge in [0, 0.05) is 34.1 Å². The first-order valence-corrected chi connectivity index (χ1v) is 27.5. The standard InChI is InChI=1S/C72H76N2/c1-9-11-13-15-21-61-49-72(70-44-42-68(48-56(70)8)74(66-24-18-20-54(6)46-66)64-39-35-60(36-40-64)58-31-27-52(4)28-32-58)62(22-16-14-12-10-2)50-71(61)69-43-41-67(47-55(69)7)73(65-23-17-19-53(5)45-65)63-37-33-59(34-38-63)57-29-25-51(3)26-30-57/h17-20,23-50H,9-16,21-22H2,1-8H3. The van der Waals surface area contributed by atoms with Crippen LogP contribution in [0.15, 0.2) is 194 Å². The maximum Gasteiger partial charge on any atom is 0.0464 e. The molecular formula is C72H76N2. The second kappa shape index (κ2) is 24.1. The fraction of sp³-hybridized carbons (Fsp3) is 0.250. The molecule has 0 aliphatic carbocycles. The maximum atomic E-state index is 2.60. The summed E-state index contributed by atoms with van der Waals surface area (Å²) in [6.45, 7) is 17.9. The lowest BCUT2D eigenvalue weighted by Gasteiger charge is -2.28. The molecule has 2 nitrogen and oxygen atoms in total. The number of hydrogen-bond acceptors (Lipinski definition) is 2. The molecule has 9 rings (SSSR count). The van der Waals surface area contributed by atoms with Crippen LogP contribution in [0.3, 0.4) is 0 Å². The molecule has 374 valence electrons. The lowest BCUT2D eigenvalue weighted by Crippen LogP contribution is -2.11. The van der Waals surface area contributed by atoms with Crippen LogP contribution in [0.4, 0.5) is 34.1 Å². The predicted octanol–water partition coefficient (Wildman–Crippen LogP) is 21.4. The van der Waals surface area contributed by atoms with Gasteiger partial charge in [0.25, 0.3) is 0 Å². The second-order valence-corrected chi connectivity index (χ2v) is 21.0. The Kier molecular flexibility index (Phi) is 16.8. The van der Waals surface area contributed by atoms with Gasteiger partial charge in [0.15, 0.2) is 0 Å². The highest BCUT2D eigenvalue weighted by Crippen LogP contribution is 2.43. The number of benzene rings is 9. The summed E-state index contributed by atoms with van der Waals surface area (Å²) in [6, 6.07) is 73.2. The van der Waals surface area contributed by atoms with Gasteiger partial charge in [-0.1, -0.05) is 185 Å². The molecule has 0 aliphatic heterocycles. The maximum absolute atomic E-state index is 2.60. The molecule has 0 fully saturated rings. The van der Waals surface area contributed by atoms with Crippen molar-refractivity contribution in [2.24, 2.45) is 0 Å². The van der Waals surface area contributed by atoms with Crippen molar-refractivity contribution in [3.05, 3.63) is 239 Å². The Bertz CT molecular complexity index is 3060. The van der Waals surface area contributed by atoms with Crippen molar-refractivity contribution < 1.29 is 0 Å². The van der Waals surface area contributed by atoms with E-state index in [0.29, 0.717) is 0 Å². The number of hydrogen-bond donors (Lipinski definition) is 0. The van der Waals surface area contributed by atoms with Crippen LogP contribution >= 0.6 is 0 Å². The average Bonchev–Trinajstić information content (AvgIpc) is 3.40. The Morgan fingerprint density at radius 2 is 0.608 bits per heavy atom. The minimum atomic E-state index is 1.05. The summed E-state index contributed by atoms with van der Waals surface area (Å²) in [6.07, 6.45) is 11.9. The first kappa shape index (κ1) is 51.5. The number of unbranched alkanes of at least 4 members (excludes halogenated alkanes) is 6. The van der Waals surface area contributed by atoms with Gasteiger partial charge < -0.3 is 9.80 Å². The Morgan fingerprint density at radius 3 is 0.946 bits per heavy atom. The Morgan fingerprint density at radius 1 is 0.270 bits per heavy atom. The van der Waals surface area contributed by atoms with E-state index in [2.05, 4.69) is 259 Å². The van der Waals surface area contributed by atoms with Crippen molar-refractivity contribution >= 4 is 34.1 Å². The molecule has 0 heterocycles. The fourth-order valence-electron chi connectivity index (χ4n) is 10.8. The molecule has 0 radical (unpaired) electrons. The molecule has 0 spiro atoms. The van der Waals surface area contributed by atoms with Gasteiger partial charge in [-0.05, 0) is 218 Å². The van der Waals surface area contributed by atoms with Gasteiger partial charge in [0.1, 0.15) is 0 Å². The molecule has 0 saturated carbocycles. The van der Waals surface area contributed by atoms with Crippen molar-refractivity contribution in [3.63, 3.8) is 0 Å². The van der Waals surface area contributed by atoms with Crippen molar-refractivity contribution in [1.29, 1.82) is 0 Å². The van der Waals surface area contributed by atoms with Gasteiger partial charge in [-0.25, -0.2) is 0 Å². The van der Waals surface area contributed by atoms with E-state index < -0.39 is 0 Å². The van der Waals surface area contributed by atoms with Gasteiger partial charge in [-0.2, -0.15) is 0 Å². The van der Waals surface area contributed by atoms with E-state index in [1.807, 2.05) is 0 Å². The van der Waals surface area contributed by atoms with Crippen LogP contribution in [-0.4, -0.2) is 0 Å². The Balaban J connectivity index is 1.11. The zero-order valence-corrected chi connectivity index (χ0v) is 45.4. The lowest BCUT2D eigenvalue weighted by molar-refractivity contribution is 0.664. The van der Waals surface area contributed by atoms with Crippen LogP contribution < -0.4 is 9.80 Å². The minimum Gasteiger partial charge on any atom is -0.310 e. The van der Waals surface area contributed by atoms with E-state index in [4.69, 9.17) is 0 Å². The average molecular weight is 969 g/mol. The molecule has 0 atom stereocenters. The fourth-order valence-corrected chi connectivity index (χ4v) is 10.8. The Hall–Kier alpha value is -7.42. The van der Waals surface area contributed by atoms with E-state index in [9.17, 15) is 0 Å². The van der Waals surface area contributed by atoms with Gasteiger partial charge >= 0.3 is 0 Å². The quantitative estimate of drug-likeness (QED) is 0.0702. The number of anilines is 6. The molecule has 0 unspecified atom stereocenters. The third kappa shape index (κ3) is 12.2. The van der Waals surface area contributed by atoms with Crippen molar-refractivity contribution in [2.45, 2.75) is 120 Å². The summed E-state index contributed by atoms with van der Waals surface area (Å²) in [4.78, 5) is 4.84. The molecule has 0 N–H and O–H groups in total. The number of aryl methyl sites for hydroxylation is 8. The molecule has 0 bridgehead atoms. The largest absolute Gasteiger partial charge is 0.310 e. The zero-order chi connectivity index (χ0) is 51.6. The molecule has 0 aromatic heterocycles. The highest BCUT2D eigenvalue weighted by atomic mass is 15.1. The van der Waals surface area contributed by atoms with Gasteiger partial charge in [-0.15, -0.1) is 0 Å². The molecule has 0 saturated heterocycles. The smallest absolute Gasteiger partial charge is 0.0464 e. The third-order valence-corrected chi connectivity index (χ3v) is 15.0. The highest BCUT2D eigenvalue weighted by Gasteiger charge is 2.21. The van der Waals surface area contributed by atoms with Crippen molar-refractivity contribution in [3.8, 4) is 44.5 Å². The highest BCUT2D eigenvalue weighted by molar-refractivity contribution is 5.86. The first-order valence-electron chi connectivity index (χ1n) is 27.5. The van der Waals surface area contributed by atoms with E-state index in [0.717, 1.165) is 35.6 Å². The topological polar surface area (TPSA) is 6.48 Å². The van der Waals surface area contributed by atoms with E-state index >= 15 is 0 Å². The minimum absolute atomic E-state index is 1.05. The predicted molar refractivity (Wildman–Crippen MR) is 322 cm³/mol. The summed E-state index contributed by atoms with van der Waals surface area (Å²) < 4.78 is 0. The summed E-state index contributed by atoms with van der Waals surface area (Å²) in [5.41, 5.74) is 27.8. The van der Waals surface area contributed by atoms with E-state index in [-0.39, 0.29) is 0 Å². The third-order valence-electron chi connectivity index (χ3n) is 15.0. The molecule has 2 heteroatoms. The van der Waals surface area contributed by atoms with Crippen LogP contribution in [0.25, 0.3) is 44.5 Å². The van der Waals surface area contributed by atoms with Crippen LogP contribution in [0.5, 0.6) is 0 Å². The van der Waals surface area contributed by atoms with E-state index in [1.54, 1.807) is 0 Å². The summed E-state index contributed by atoms with van der Waals surface area (Å²) in [5, 5.41) is 0. The van der Waals surface area contributed by atoms with E-state index in [1.165, 1.54) is 152 Å². The molecular weight excluding hydrogens is 893 g/mol. The van der Waals surface area contributed by atoms with Crippen LogP contribution in [0.1, 0.15) is 110 Å². The Labute approximate surface area is 444 Å². The van der Waals surface area contributed by atoms with Crippen LogP contribution in [0, 0.1) is 41.5 Å². The zero-order valence-electron chi connectivity index (χ0n) is 45.4. The van der Waals surface area contributed by atoms with Crippen LogP contribution in [0.2, 0.25) is 0 Å². The first-order chi connectivity index (χ1) is 36.1. The molecule has 9 aromatic rings. The molecule has 0 aliphatic rings. The monoisotopic (exact) mass is 969 g/mol. The van der Waals surface area contributed by atoms with Gasteiger partial charge in [0.05, 0.1) is 0 Å². The normalized spacial score (nSPS) is 11.2. The summed E-state index contributed by atoms with van der Waals surface area (Å²) in [7, 11) is 0. The second-order valence-electron chi connectivity index (χ2n) is 21.0. The molecule has 9 aromatic carbocycles. The molecule has 74 heavy (non-hydrogen) atoms. The number of rotatable bonds is 20. The van der Waals surface area contributed by atoms with Gasteiger partial charge in [-0.3, -0.25) is 0 Å². The summed E-state index contributed by atoms with van der Waals surface area (Å²) >= 11 is 0. The lowest BCUT2D eigenvalue weighted by atomic mass is 9.84. The van der Waals surface area contributed by atoms with Crippen molar-refractivity contribution in [2.75, 3.05) is 9.80 Å². The SMILES string of the molecule is CCCCCCc1cc(-c2ccc(N(c3ccc(-c4ccc(C)cc4)cc3)c3cccc(C)c3)cc2C)c(CCCCCC)cc1-c1ccc(N(c2ccc(-c3ccc(C)cc3)cc2)c2cccc(C)c2)cc1C. The number of nitrogens with zero attached hydrogens (tertiary/aromatic N) is 2. The molecule has 0 amide bonds.